The van der Waals surface area contributed by atoms with E-state index in [1.807, 2.05) is 37.3 Å². The number of aryl methyl sites for hydroxylation is 1. The minimum atomic E-state index is -0.358. The van der Waals surface area contributed by atoms with Crippen LogP contribution in [0.2, 0.25) is 0 Å². The third-order valence-electron chi connectivity index (χ3n) is 4.40. The van der Waals surface area contributed by atoms with Crippen LogP contribution in [0.4, 0.5) is 11.5 Å². The number of carbonyl (C=O) groups excluding carboxylic acids is 1. The number of nitrogens with one attached hydrogen (secondary N) is 2. The molecule has 1 aromatic heterocycles. The van der Waals surface area contributed by atoms with E-state index in [-0.39, 0.29) is 18.4 Å². The van der Waals surface area contributed by atoms with Crippen LogP contribution in [0.15, 0.2) is 48.8 Å². The predicted octanol–water partition coefficient (Wildman–Crippen LogP) is 3.39. The number of rotatable bonds is 6. The van der Waals surface area contributed by atoms with E-state index in [0.717, 1.165) is 22.6 Å². The second-order valence-electron chi connectivity index (χ2n) is 6.49. The van der Waals surface area contributed by atoms with Gasteiger partial charge in [0, 0.05) is 6.54 Å². The molecule has 0 saturated carbocycles. The molecule has 1 aliphatic heterocycles. The van der Waals surface area contributed by atoms with Gasteiger partial charge in [-0.1, -0.05) is 12.1 Å². The molecule has 0 atom stereocenters. The number of benzene rings is 2. The molecule has 0 fully saturated rings. The van der Waals surface area contributed by atoms with Crippen LogP contribution in [0, 0.1) is 6.92 Å². The minimum Gasteiger partial charge on any atom is -0.495 e. The van der Waals surface area contributed by atoms with Crippen molar-refractivity contribution in [3.63, 3.8) is 0 Å². The van der Waals surface area contributed by atoms with Crippen molar-refractivity contribution >= 4 is 17.4 Å². The highest BCUT2D eigenvalue weighted by molar-refractivity contribution is 6.03. The summed E-state index contributed by atoms with van der Waals surface area (Å²) in [5, 5.41) is 5.98. The summed E-state index contributed by atoms with van der Waals surface area (Å²) < 4.78 is 16.0. The molecular formula is C21H20N4O4. The van der Waals surface area contributed by atoms with Crippen LogP contribution in [-0.4, -0.2) is 29.8 Å². The SMILES string of the molecule is COc1ccc(C)cc1NC(=O)c1cnc(NCc2ccc3c(c2)OCO3)cn1. The lowest BCUT2D eigenvalue weighted by atomic mass is 10.2. The molecule has 4 rings (SSSR count). The Morgan fingerprint density at radius 3 is 2.76 bits per heavy atom. The number of hydrogen-bond acceptors (Lipinski definition) is 7. The lowest BCUT2D eigenvalue weighted by Gasteiger charge is -2.11. The van der Waals surface area contributed by atoms with E-state index in [9.17, 15) is 4.79 Å². The lowest BCUT2D eigenvalue weighted by Crippen LogP contribution is -2.15. The van der Waals surface area contributed by atoms with Crippen molar-refractivity contribution in [2.45, 2.75) is 13.5 Å². The van der Waals surface area contributed by atoms with Crippen molar-refractivity contribution in [3.05, 3.63) is 65.6 Å². The van der Waals surface area contributed by atoms with Crippen LogP contribution in [0.25, 0.3) is 0 Å². The lowest BCUT2D eigenvalue weighted by molar-refractivity contribution is 0.102. The van der Waals surface area contributed by atoms with Crippen LogP contribution in [-0.2, 0) is 6.54 Å². The number of nitrogens with zero attached hydrogens (tertiary/aromatic N) is 2. The molecule has 29 heavy (non-hydrogen) atoms. The van der Waals surface area contributed by atoms with E-state index in [2.05, 4.69) is 20.6 Å². The second kappa shape index (κ2) is 8.05. The molecule has 8 heteroatoms. The average Bonchev–Trinajstić information content (AvgIpc) is 3.21. The number of amides is 1. The highest BCUT2D eigenvalue weighted by atomic mass is 16.7. The largest absolute Gasteiger partial charge is 0.495 e. The highest BCUT2D eigenvalue weighted by Gasteiger charge is 2.14. The molecule has 3 aromatic rings. The molecule has 2 heterocycles. The molecule has 0 saturated heterocycles. The smallest absolute Gasteiger partial charge is 0.275 e. The Hall–Kier alpha value is -3.81. The first-order chi connectivity index (χ1) is 14.1. The molecule has 1 aliphatic rings. The molecular weight excluding hydrogens is 372 g/mol. The Labute approximate surface area is 167 Å². The van der Waals surface area contributed by atoms with Gasteiger partial charge in [0.25, 0.3) is 5.91 Å². The van der Waals surface area contributed by atoms with Gasteiger partial charge >= 0.3 is 0 Å². The molecule has 0 aliphatic carbocycles. The Kier molecular flexibility index (Phi) is 5.15. The standard InChI is InChI=1S/C21H20N4O4/c1-13-3-5-17(27-2)15(7-13)25-21(26)16-10-24-20(11-22-16)23-9-14-4-6-18-19(8-14)29-12-28-18/h3-8,10-11H,9,12H2,1-2H3,(H,23,24)(H,25,26). The monoisotopic (exact) mass is 392 g/mol. The zero-order valence-corrected chi connectivity index (χ0v) is 16.1. The van der Waals surface area contributed by atoms with Gasteiger partial charge in [-0.25, -0.2) is 9.97 Å². The van der Waals surface area contributed by atoms with E-state index in [1.165, 1.54) is 12.4 Å². The number of anilines is 2. The molecule has 8 nitrogen and oxygen atoms in total. The third-order valence-corrected chi connectivity index (χ3v) is 4.40. The van der Waals surface area contributed by atoms with Gasteiger partial charge in [-0.3, -0.25) is 4.79 Å². The van der Waals surface area contributed by atoms with Gasteiger partial charge in [0.1, 0.15) is 17.3 Å². The number of ether oxygens (including phenoxy) is 3. The first-order valence-electron chi connectivity index (χ1n) is 9.03. The fraction of sp³-hybridized carbons (Fsp3) is 0.190. The predicted molar refractivity (Wildman–Crippen MR) is 108 cm³/mol. The zero-order valence-electron chi connectivity index (χ0n) is 16.1. The number of aromatic nitrogens is 2. The maximum Gasteiger partial charge on any atom is 0.275 e. The summed E-state index contributed by atoms with van der Waals surface area (Å²) >= 11 is 0. The maximum atomic E-state index is 12.5. The molecule has 0 spiro atoms. The van der Waals surface area contributed by atoms with E-state index in [0.29, 0.717) is 23.8 Å². The third kappa shape index (κ3) is 4.21. The van der Waals surface area contributed by atoms with Gasteiger partial charge in [-0.2, -0.15) is 0 Å². The van der Waals surface area contributed by atoms with Crippen molar-refractivity contribution in [1.29, 1.82) is 0 Å². The summed E-state index contributed by atoms with van der Waals surface area (Å²) in [7, 11) is 1.56. The van der Waals surface area contributed by atoms with E-state index >= 15 is 0 Å². The first-order valence-corrected chi connectivity index (χ1v) is 9.03. The van der Waals surface area contributed by atoms with Gasteiger partial charge in [-0.05, 0) is 42.3 Å². The van der Waals surface area contributed by atoms with Crippen molar-refractivity contribution in [1.82, 2.24) is 9.97 Å². The van der Waals surface area contributed by atoms with E-state index in [1.54, 1.807) is 13.2 Å². The summed E-state index contributed by atoms with van der Waals surface area (Å²) in [5.74, 6) is 2.26. The Morgan fingerprint density at radius 2 is 1.97 bits per heavy atom. The quantitative estimate of drug-likeness (QED) is 0.664. The van der Waals surface area contributed by atoms with Crippen LogP contribution in [0.1, 0.15) is 21.6 Å². The topological polar surface area (TPSA) is 94.6 Å². The minimum absolute atomic E-state index is 0.210. The summed E-state index contributed by atoms with van der Waals surface area (Å²) in [6.45, 7) is 2.72. The second-order valence-corrected chi connectivity index (χ2v) is 6.49. The van der Waals surface area contributed by atoms with Crippen LogP contribution < -0.4 is 24.8 Å². The zero-order chi connectivity index (χ0) is 20.2. The Bertz CT molecular complexity index is 1040. The molecule has 1 amide bonds. The number of methoxy groups -OCH3 is 1. The van der Waals surface area contributed by atoms with Gasteiger partial charge in [0.15, 0.2) is 11.5 Å². The first kappa shape index (κ1) is 18.5. The van der Waals surface area contributed by atoms with Crippen LogP contribution >= 0.6 is 0 Å². The summed E-state index contributed by atoms with van der Waals surface area (Å²) in [4.78, 5) is 20.9. The number of hydrogen-bond donors (Lipinski definition) is 2. The highest BCUT2D eigenvalue weighted by Crippen LogP contribution is 2.32. The molecule has 148 valence electrons. The maximum absolute atomic E-state index is 12.5. The molecule has 0 unspecified atom stereocenters. The van der Waals surface area contributed by atoms with Crippen molar-refractivity contribution in [2.24, 2.45) is 0 Å². The van der Waals surface area contributed by atoms with Gasteiger partial charge in [0.05, 0.1) is 25.2 Å². The van der Waals surface area contributed by atoms with Crippen LogP contribution in [0.3, 0.4) is 0 Å². The number of carbonyl (C=O) groups is 1. The average molecular weight is 392 g/mol. The fourth-order valence-electron chi connectivity index (χ4n) is 2.89. The van der Waals surface area contributed by atoms with E-state index in [4.69, 9.17) is 14.2 Å². The van der Waals surface area contributed by atoms with Gasteiger partial charge in [-0.15, -0.1) is 0 Å². The Balaban J connectivity index is 1.38. The van der Waals surface area contributed by atoms with Crippen LogP contribution in [0.5, 0.6) is 17.2 Å². The number of fused-ring (bicyclic) bond motifs is 1. The van der Waals surface area contributed by atoms with Crippen molar-refractivity contribution in [3.8, 4) is 17.2 Å². The molecule has 0 radical (unpaired) electrons. The normalized spacial score (nSPS) is 11.8. The van der Waals surface area contributed by atoms with E-state index < -0.39 is 0 Å². The summed E-state index contributed by atoms with van der Waals surface area (Å²) in [5.41, 5.74) is 2.83. The Morgan fingerprint density at radius 1 is 1.10 bits per heavy atom. The molecule has 0 bridgehead atoms. The van der Waals surface area contributed by atoms with Crippen molar-refractivity contribution < 1.29 is 19.0 Å². The molecule has 2 aromatic carbocycles. The summed E-state index contributed by atoms with van der Waals surface area (Å²) in [6.07, 6.45) is 2.95. The van der Waals surface area contributed by atoms with Gasteiger partial charge < -0.3 is 24.8 Å². The van der Waals surface area contributed by atoms with Crippen molar-refractivity contribution in [2.75, 3.05) is 24.5 Å². The summed E-state index contributed by atoms with van der Waals surface area (Å²) in [6, 6.07) is 11.3. The fourth-order valence-corrected chi connectivity index (χ4v) is 2.89. The molecule has 2 N–H and O–H groups in total. The van der Waals surface area contributed by atoms with Gasteiger partial charge in [0.2, 0.25) is 6.79 Å².